The van der Waals surface area contributed by atoms with Crippen molar-refractivity contribution in [3.63, 3.8) is 0 Å². The first kappa shape index (κ1) is 16.5. The minimum absolute atomic E-state index is 0.196. The molecule has 0 saturated carbocycles. The highest BCUT2D eigenvalue weighted by atomic mass is 16.4. The van der Waals surface area contributed by atoms with Crippen LogP contribution in [0.1, 0.15) is 18.4 Å². The number of hydrogen-bond acceptors (Lipinski definition) is 2. The highest BCUT2D eigenvalue weighted by Gasteiger charge is 2.07. The third-order valence-electron chi connectivity index (χ3n) is 2.80. The van der Waals surface area contributed by atoms with Gasteiger partial charge in [0, 0.05) is 25.4 Å². The number of hydrogen-bond donors (Lipinski definition) is 2. The molecular formula is C16H20N2O3. The average Bonchev–Trinajstić information content (AvgIpc) is 2.45. The number of carboxylic acid groups (broad SMARTS) is 1. The van der Waals surface area contributed by atoms with Crippen LogP contribution in [0.15, 0.2) is 43.0 Å². The Hall–Kier alpha value is -2.56. The quantitative estimate of drug-likeness (QED) is 0.460. The Bertz CT molecular complexity index is 538. The van der Waals surface area contributed by atoms with Gasteiger partial charge in [-0.15, -0.1) is 6.58 Å². The number of rotatable bonds is 7. The van der Waals surface area contributed by atoms with Gasteiger partial charge in [0.2, 0.25) is 0 Å². The number of amides is 2. The lowest BCUT2D eigenvalue weighted by molar-refractivity contribution is -0.131. The number of aliphatic carboxylic acids is 1. The lowest BCUT2D eigenvalue weighted by Gasteiger charge is -2.17. The van der Waals surface area contributed by atoms with Crippen LogP contribution in [0.5, 0.6) is 0 Å². The summed E-state index contributed by atoms with van der Waals surface area (Å²) in [5.74, 6) is -1.01. The molecule has 0 saturated heterocycles. The second-order valence-corrected chi connectivity index (χ2v) is 4.58. The van der Waals surface area contributed by atoms with Gasteiger partial charge in [-0.1, -0.05) is 18.2 Å². The Morgan fingerprint density at radius 3 is 2.86 bits per heavy atom. The fourth-order valence-electron chi connectivity index (χ4n) is 1.68. The molecule has 0 fully saturated rings. The summed E-state index contributed by atoms with van der Waals surface area (Å²) >= 11 is 0. The first-order chi connectivity index (χ1) is 10.0. The van der Waals surface area contributed by atoms with E-state index in [9.17, 15) is 9.59 Å². The van der Waals surface area contributed by atoms with E-state index in [0.29, 0.717) is 17.8 Å². The summed E-state index contributed by atoms with van der Waals surface area (Å²) in [5, 5.41) is 11.4. The molecule has 0 bridgehead atoms. The van der Waals surface area contributed by atoms with Gasteiger partial charge < -0.3 is 15.3 Å². The number of anilines is 1. The standard InChI is InChI=1S/C16H20N2O3/c1-3-4-5-11-18(2)16(21)17-14-8-6-7-13(12-14)9-10-15(19)20/h3,6-10,12H,1,4-5,11H2,2H3,(H,17,21)(H,19,20)/b10-9+. The number of carboxylic acids is 1. The van der Waals surface area contributed by atoms with Gasteiger partial charge in [-0.05, 0) is 36.6 Å². The third-order valence-corrected chi connectivity index (χ3v) is 2.80. The van der Waals surface area contributed by atoms with Crippen molar-refractivity contribution in [2.45, 2.75) is 12.8 Å². The van der Waals surface area contributed by atoms with E-state index in [1.54, 1.807) is 36.2 Å². The van der Waals surface area contributed by atoms with Crippen molar-refractivity contribution in [1.82, 2.24) is 4.90 Å². The van der Waals surface area contributed by atoms with Crippen LogP contribution in [0.3, 0.4) is 0 Å². The maximum Gasteiger partial charge on any atom is 0.328 e. The number of carbonyl (C=O) groups excluding carboxylic acids is 1. The summed E-state index contributed by atoms with van der Waals surface area (Å²) in [5.41, 5.74) is 1.34. The number of benzene rings is 1. The van der Waals surface area contributed by atoms with Gasteiger partial charge in [-0.2, -0.15) is 0 Å². The molecule has 5 heteroatoms. The number of allylic oxidation sites excluding steroid dienone is 1. The van der Waals surface area contributed by atoms with E-state index in [4.69, 9.17) is 5.11 Å². The van der Waals surface area contributed by atoms with Gasteiger partial charge in [0.1, 0.15) is 0 Å². The summed E-state index contributed by atoms with van der Waals surface area (Å²) in [4.78, 5) is 24.0. The molecule has 0 aromatic heterocycles. The van der Waals surface area contributed by atoms with Crippen molar-refractivity contribution >= 4 is 23.8 Å². The number of nitrogens with zero attached hydrogens (tertiary/aromatic N) is 1. The van der Waals surface area contributed by atoms with E-state index < -0.39 is 5.97 Å². The maximum absolute atomic E-state index is 12.0. The molecule has 1 rings (SSSR count). The van der Waals surface area contributed by atoms with Crippen molar-refractivity contribution in [3.8, 4) is 0 Å². The highest BCUT2D eigenvalue weighted by molar-refractivity contribution is 5.90. The largest absolute Gasteiger partial charge is 0.478 e. The highest BCUT2D eigenvalue weighted by Crippen LogP contribution is 2.12. The number of urea groups is 1. The average molecular weight is 288 g/mol. The monoisotopic (exact) mass is 288 g/mol. The second-order valence-electron chi connectivity index (χ2n) is 4.58. The summed E-state index contributed by atoms with van der Waals surface area (Å²) in [6, 6.07) is 6.80. The molecule has 1 aromatic rings. The van der Waals surface area contributed by atoms with Crippen LogP contribution < -0.4 is 5.32 Å². The van der Waals surface area contributed by atoms with Crippen molar-refractivity contribution < 1.29 is 14.7 Å². The first-order valence-corrected chi connectivity index (χ1v) is 6.67. The molecule has 0 spiro atoms. The van der Waals surface area contributed by atoms with Crippen LogP contribution in [-0.4, -0.2) is 35.6 Å². The first-order valence-electron chi connectivity index (χ1n) is 6.67. The zero-order valence-corrected chi connectivity index (χ0v) is 12.1. The Morgan fingerprint density at radius 2 is 2.19 bits per heavy atom. The Kier molecular flexibility index (Phi) is 6.74. The molecule has 0 aliphatic heterocycles. The van der Waals surface area contributed by atoms with E-state index in [-0.39, 0.29) is 6.03 Å². The molecule has 1 aromatic carbocycles. The third kappa shape index (κ3) is 6.42. The van der Waals surface area contributed by atoms with E-state index in [2.05, 4.69) is 11.9 Å². The van der Waals surface area contributed by atoms with Crippen molar-refractivity contribution in [1.29, 1.82) is 0 Å². The summed E-state index contributed by atoms with van der Waals surface area (Å²) in [6.07, 6.45) is 6.10. The molecular weight excluding hydrogens is 268 g/mol. The smallest absolute Gasteiger partial charge is 0.328 e. The minimum atomic E-state index is -1.01. The Morgan fingerprint density at radius 1 is 1.43 bits per heavy atom. The summed E-state index contributed by atoms with van der Waals surface area (Å²) in [7, 11) is 1.73. The van der Waals surface area contributed by atoms with E-state index in [0.717, 1.165) is 18.9 Å². The molecule has 0 aliphatic rings. The van der Waals surface area contributed by atoms with Crippen LogP contribution in [0, 0.1) is 0 Å². The maximum atomic E-state index is 12.0. The van der Waals surface area contributed by atoms with E-state index in [1.165, 1.54) is 6.08 Å². The van der Waals surface area contributed by atoms with Gasteiger partial charge in [-0.3, -0.25) is 0 Å². The van der Waals surface area contributed by atoms with Crippen LogP contribution in [0.2, 0.25) is 0 Å². The zero-order valence-electron chi connectivity index (χ0n) is 12.1. The Labute approximate surface area is 124 Å². The molecule has 0 unspecified atom stereocenters. The summed E-state index contributed by atoms with van der Waals surface area (Å²) < 4.78 is 0. The fourth-order valence-corrected chi connectivity index (χ4v) is 1.68. The molecule has 0 aliphatic carbocycles. The van der Waals surface area contributed by atoms with Crippen LogP contribution in [0.25, 0.3) is 6.08 Å². The lowest BCUT2D eigenvalue weighted by Crippen LogP contribution is -2.32. The minimum Gasteiger partial charge on any atom is -0.478 e. The predicted molar refractivity (Wildman–Crippen MR) is 84.2 cm³/mol. The Balaban J connectivity index is 2.61. The van der Waals surface area contributed by atoms with Crippen LogP contribution in [-0.2, 0) is 4.79 Å². The molecule has 0 atom stereocenters. The van der Waals surface area contributed by atoms with Gasteiger partial charge in [-0.25, -0.2) is 9.59 Å². The zero-order chi connectivity index (χ0) is 15.7. The number of carbonyl (C=O) groups is 2. The van der Waals surface area contributed by atoms with E-state index in [1.807, 2.05) is 6.08 Å². The molecule has 21 heavy (non-hydrogen) atoms. The van der Waals surface area contributed by atoms with Crippen LogP contribution in [0.4, 0.5) is 10.5 Å². The molecule has 2 N–H and O–H groups in total. The molecule has 112 valence electrons. The number of unbranched alkanes of at least 4 members (excludes halogenated alkanes) is 1. The van der Waals surface area contributed by atoms with E-state index >= 15 is 0 Å². The van der Waals surface area contributed by atoms with Gasteiger partial charge >= 0.3 is 12.0 Å². The molecule has 0 radical (unpaired) electrons. The molecule has 2 amide bonds. The topological polar surface area (TPSA) is 69.6 Å². The second kappa shape index (κ2) is 8.58. The SMILES string of the molecule is C=CCCCN(C)C(=O)Nc1cccc(/C=C/C(=O)O)c1. The molecule has 5 nitrogen and oxygen atoms in total. The van der Waals surface area contributed by atoms with Gasteiger partial charge in [0.25, 0.3) is 0 Å². The molecule has 0 heterocycles. The lowest BCUT2D eigenvalue weighted by atomic mass is 10.2. The van der Waals surface area contributed by atoms with Gasteiger partial charge in [0.05, 0.1) is 0 Å². The van der Waals surface area contributed by atoms with Crippen molar-refractivity contribution in [2.75, 3.05) is 18.9 Å². The van der Waals surface area contributed by atoms with Gasteiger partial charge in [0.15, 0.2) is 0 Å². The summed E-state index contributed by atoms with van der Waals surface area (Å²) in [6.45, 7) is 4.29. The predicted octanol–water partition coefficient (Wildman–Crippen LogP) is 3.21. The van der Waals surface area contributed by atoms with Crippen molar-refractivity contribution in [3.05, 3.63) is 48.6 Å². The van der Waals surface area contributed by atoms with Crippen LogP contribution >= 0.6 is 0 Å². The number of nitrogens with one attached hydrogen (secondary N) is 1. The van der Waals surface area contributed by atoms with Crippen molar-refractivity contribution in [2.24, 2.45) is 0 Å². The fraction of sp³-hybridized carbons (Fsp3) is 0.250. The normalized spacial score (nSPS) is 10.3.